The second-order valence-electron chi connectivity index (χ2n) is 10.7. The largest absolute Gasteiger partial charge is 0.473 e. The Balaban J connectivity index is 1.57. The topological polar surface area (TPSA) is 72.7 Å². The molecule has 0 radical (unpaired) electrons. The molecule has 2 aliphatic rings. The molecule has 1 saturated carbocycles. The van der Waals surface area contributed by atoms with Gasteiger partial charge in [-0.3, -0.25) is 4.90 Å². The van der Waals surface area contributed by atoms with Crippen LogP contribution in [0.1, 0.15) is 68.0 Å². The minimum atomic E-state index is -0.447. The maximum Gasteiger partial charge on any atom is 0.356 e. The van der Waals surface area contributed by atoms with Gasteiger partial charge in [-0.15, -0.1) is 5.10 Å². The van der Waals surface area contributed by atoms with Gasteiger partial charge < -0.3 is 14.4 Å². The van der Waals surface area contributed by atoms with Gasteiger partial charge in [-0.05, 0) is 50.9 Å². The summed E-state index contributed by atoms with van der Waals surface area (Å²) in [4.78, 5) is 22.3. The monoisotopic (exact) mass is 505 g/mol. The van der Waals surface area contributed by atoms with Crippen LogP contribution >= 0.6 is 0 Å². The zero-order valence-electron chi connectivity index (χ0n) is 22.6. The average molecular weight is 506 g/mol. The smallest absolute Gasteiger partial charge is 0.356 e. The van der Waals surface area contributed by atoms with E-state index in [-0.39, 0.29) is 12.1 Å². The number of pyridine rings is 1. The van der Waals surface area contributed by atoms with Crippen LogP contribution in [0.5, 0.6) is 5.88 Å². The van der Waals surface area contributed by atoms with Gasteiger partial charge in [0.1, 0.15) is 0 Å². The average Bonchev–Trinajstić information content (AvgIpc) is 3.27. The number of nitrogens with zero attached hydrogens (tertiary/aromatic N) is 5. The molecule has 0 N–H and O–H groups in total. The summed E-state index contributed by atoms with van der Waals surface area (Å²) in [6, 6.07) is 10.7. The maximum absolute atomic E-state index is 12.7. The lowest BCUT2D eigenvalue weighted by Gasteiger charge is -2.32. The molecule has 2 fully saturated rings. The Labute approximate surface area is 219 Å². The van der Waals surface area contributed by atoms with Crippen LogP contribution in [-0.2, 0) is 11.3 Å². The molecule has 1 aliphatic heterocycles. The van der Waals surface area contributed by atoms with Crippen molar-refractivity contribution in [3.8, 4) is 17.0 Å². The zero-order valence-corrected chi connectivity index (χ0v) is 22.6. The van der Waals surface area contributed by atoms with Crippen LogP contribution in [0.2, 0.25) is 0 Å². The molecule has 0 amide bonds. The van der Waals surface area contributed by atoms with Gasteiger partial charge in [-0.1, -0.05) is 43.5 Å². The number of carbonyl (C=O) groups excluding carboxylic acids is 1. The Hall–Kier alpha value is -2.97. The van der Waals surface area contributed by atoms with E-state index in [4.69, 9.17) is 19.6 Å². The Bertz CT molecular complexity index is 1220. The molecule has 0 atom stereocenters. The van der Waals surface area contributed by atoms with Gasteiger partial charge >= 0.3 is 5.97 Å². The molecule has 1 aliphatic carbocycles. The van der Waals surface area contributed by atoms with Crippen LogP contribution in [-0.4, -0.2) is 77.0 Å². The highest BCUT2D eigenvalue weighted by Crippen LogP contribution is 2.39. The zero-order chi connectivity index (χ0) is 25.9. The third kappa shape index (κ3) is 5.65. The Morgan fingerprint density at radius 2 is 1.76 bits per heavy atom. The molecule has 198 valence electrons. The Morgan fingerprint density at radius 1 is 1.05 bits per heavy atom. The first-order chi connectivity index (χ1) is 17.9. The number of ether oxygens (including phenoxy) is 2. The lowest BCUT2D eigenvalue weighted by molar-refractivity contribution is 0.0594. The summed E-state index contributed by atoms with van der Waals surface area (Å²) in [6.07, 6.45) is 5.67. The number of hydrogen-bond acceptors (Lipinski definition) is 7. The van der Waals surface area contributed by atoms with Crippen LogP contribution in [0, 0.1) is 0 Å². The van der Waals surface area contributed by atoms with Gasteiger partial charge in [0, 0.05) is 38.3 Å². The number of esters is 1. The summed E-state index contributed by atoms with van der Waals surface area (Å²) in [7, 11) is 3.57. The van der Waals surface area contributed by atoms with Crippen LogP contribution in [0.25, 0.3) is 22.2 Å². The van der Waals surface area contributed by atoms with Gasteiger partial charge in [0.05, 0.1) is 24.6 Å². The summed E-state index contributed by atoms with van der Waals surface area (Å²) in [6.45, 7) is 9.33. The molecule has 0 bridgehead atoms. The van der Waals surface area contributed by atoms with Gasteiger partial charge in [0.25, 0.3) is 0 Å². The highest BCUT2D eigenvalue weighted by atomic mass is 16.5. The summed E-state index contributed by atoms with van der Waals surface area (Å²) in [5.74, 6) is 0.133. The third-order valence-corrected chi connectivity index (χ3v) is 7.56. The molecule has 5 rings (SSSR count). The fraction of sp³-hybridized carbons (Fsp3) is 0.552. The highest BCUT2D eigenvalue weighted by Gasteiger charge is 2.27. The quantitative estimate of drug-likeness (QED) is 0.422. The molecule has 1 aromatic carbocycles. The molecule has 1 saturated heterocycles. The molecule has 0 spiro atoms. The van der Waals surface area contributed by atoms with E-state index in [1.165, 1.54) is 31.9 Å². The van der Waals surface area contributed by atoms with Crippen LogP contribution in [0.15, 0.2) is 30.3 Å². The molecular weight excluding hydrogens is 466 g/mol. The van der Waals surface area contributed by atoms with Gasteiger partial charge in [-0.25, -0.2) is 14.5 Å². The number of methoxy groups -OCH3 is 1. The molecule has 3 heterocycles. The van der Waals surface area contributed by atoms with Crippen LogP contribution in [0.3, 0.4) is 0 Å². The second-order valence-corrected chi connectivity index (χ2v) is 10.7. The van der Waals surface area contributed by atoms with Crippen molar-refractivity contribution in [1.82, 2.24) is 24.6 Å². The van der Waals surface area contributed by atoms with Crippen LogP contribution < -0.4 is 4.74 Å². The van der Waals surface area contributed by atoms with Crippen molar-refractivity contribution < 1.29 is 14.3 Å². The van der Waals surface area contributed by atoms with Gasteiger partial charge in [0.15, 0.2) is 11.3 Å². The van der Waals surface area contributed by atoms with Crippen molar-refractivity contribution in [3.63, 3.8) is 0 Å². The van der Waals surface area contributed by atoms with Gasteiger partial charge in [0.2, 0.25) is 5.88 Å². The Kier molecular flexibility index (Phi) is 7.76. The minimum Gasteiger partial charge on any atom is -0.473 e. The summed E-state index contributed by atoms with van der Waals surface area (Å²) < 4.78 is 13.3. The van der Waals surface area contributed by atoms with Crippen molar-refractivity contribution in [2.75, 3.05) is 40.3 Å². The van der Waals surface area contributed by atoms with E-state index < -0.39 is 5.97 Å². The lowest BCUT2D eigenvalue weighted by atomic mass is 9.95. The van der Waals surface area contributed by atoms with Crippen molar-refractivity contribution in [2.45, 2.75) is 64.6 Å². The molecule has 37 heavy (non-hydrogen) atoms. The van der Waals surface area contributed by atoms with E-state index in [1.807, 2.05) is 24.6 Å². The van der Waals surface area contributed by atoms with E-state index in [2.05, 4.69) is 41.1 Å². The standard InChI is InChI=1S/C29H39N5O3/c1-20(2)37-28-26-24(22-12-10-21(11-13-22)19-33-16-14-32(3)15-17-33)18-25(29(35)36-4)30-27(26)34(31-28)23-8-6-5-7-9-23/h10-13,18,20,23H,5-9,14-17,19H2,1-4H3. The predicted octanol–water partition coefficient (Wildman–Crippen LogP) is 4.92. The summed E-state index contributed by atoms with van der Waals surface area (Å²) in [5, 5.41) is 5.80. The predicted molar refractivity (Wildman–Crippen MR) is 145 cm³/mol. The third-order valence-electron chi connectivity index (χ3n) is 7.56. The minimum absolute atomic E-state index is 0.0306. The molecular formula is C29H39N5O3. The van der Waals surface area contributed by atoms with Crippen molar-refractivity contribution in [1.29, 1.82) is 0 Å². The van der Waals surface area contributed by atoms with E-state index in [1.54, 1.807) is 0 Å². The fourth-order valence-electron chi connectivity index (χ4n) is 5.48. The maximum atomic E-state index is 12.7. The first-order valence-electron chi connectivity index (χ1n) is 13.6. The van der Waals surface area contributed by atoms with E-state index >= 15 is 0 Å². The first kappa shape index (κ1) is 25.7. The van der Waals surface area contributed by atoms with E-state index in [0.717, 1.165) is 62.1 Å². The van der Waals surface area contributed by atoms with Crippen LogP contribution in [0.4, 0.5) is 0 Å². The number of hydrogen-bond donors (Lipinski definition) is 0. The van der Waals surface area contributed by atoms with Gasteiger partial charge in [-0.2, -0.15) is 0 Å². The Morgan fingerprint density at radius 3 is 2.41 bits per heavy atom. The molecule has 2 aromatic heterocycles. The van der Waals surface area contributed by atoms with Crippen molar-refractivity contribution in [2.24, 2.45) is 0 Å². The second kappa shape index (κ2) is 11.2. The normalized spacial score (nSPS) is 18.0. The van der Waals surface area contributed by atoms with Crippen molar-refractivity contribution >= 4 is 17.0 Å². The molecule has 8 nitrogen and oxygen atoms in total. The first-order valence-corrected chi connectivity index (χ1v) is 13.6. The van der Waals surface area contributed by atoms with E-state index in [0.29, 0.717) is 17.2 Å². The number of aromatic nitrogens is 3. The fourth-order valence-corrected chi connectivity index (χ4v) is 5.48. The van der Waals surface area contributed by atoms with E-state index in [9.17, 15) is 4.79 Å². The number of rotatable bonds is 7. The highest BCUT2D eigenvalue weighted by molar-refractivity contribution is 6.01. The summed E-state index contributed by atoms with van der Waals surface area (Å²) in [5.41, 5.74) is 4.18. The van der Waals surface area contributed by atoms with Crippen molar-refractivity contribution in [3.05, 3.63) is 41.6 Å². The summed E-state index contributed by atoms with van der Waals surface area (Å²) >= 11 is 0. The number of carbonyl (C=O) groups is 1. The number of fused-ring (bicyclic) bond motifs is 1. The molecule has 3 aromatic rings. The number of likely N-dealkylation sites (N-methyl/N-ethyl adjacent to an activating group) is 1. The molecule has 8 heteroatoms. The number of piperazine rings is 1. The SMILES string of the molecule is COC(=O)c1cc(-c2ccc(CN3CCN(C)CC3)cc2)c2c(OC(C)C)nn(C3CCCCC3)c2n1. The molecule has 0 unspecified atom stereocenters. The number of benzene rings is 1. The lowest BCUT2D eigenvalue weighted by Crippen LogP contribution is -2.43.